The summed E-state index contributed by atoms with van der Waals surface area (Å²) in [6, 6.07) is 9.71. The van der Waals surface area contributed by atoms with Gasteiger partial charge in [-0.05, 0) is 55.8 Å². The van der Waals surface area contributed by atoms with Crippen molar-refractivity contribution in [3.05, 3.63) is 64.9 Å². The predicted molar refractivity (Wildman–Crippen MR) is 75.9 cm³/mol. The van der Waals surface area contributed by atoms with Gasteiger partial charge in [0.1, 0.15) is 17.2 Å². The van der Waals surface area contributed by atoms with Crippen LogP contribution in [0.5, 0.6) is 0 Å². The van der Waals surface area contributed by atoms with Crippen molar-refractivity contribution in [1.82, 2.24) is 4.98 Å². The van der Waals surface area contributed by atoms with Gasteiger partial charge in [0.15, 0.2) is 0 Å². The zero-order valence-electron chi connectivity index (χ0n) is 11.4. The van der Waals surface area contributed by atoms with Gasteiger partial charge in [-0.25, -0.2) is 4.39 Å². The van der Waals surface area contributed by atoms with Crippen molar-refractivity contribution in [2.24, 2.45) is 5.73 Å². The summed E-state index contributed by atoms with van der Waals surface area (Å²) in [5, 5.41) is 0.720. The molecule has 2 heterocycles. The first-order valence-corrected chi connectivity index (χ1v) is 6.43. The number of hydrogen-bond acceptors (Lipinski definition) is 3. The van der Waals surface area contributed by atoms with Crippen molar-refractivity contribution in [2.45, 2.75) is 19.9 Å². The van der Waals surface area contributed by atoms with Crippen molar-refractivity contribution in [1.29, 1.82) is 0 Å². The van der Waals surface area contributed by atoms with E-state index in [-0.39, 0.29) is 11.9 Å². The Morgan fingerprint density at radius 3 is 2.50 bits per heavy atom. The van der Waals surface area contributed by atoms with Gasteiger partial charge in [0.05, 0.1) is 6.04 Å². The van der Waals surface area contributed by atoms with Crippen LogP contribution in [0.15, 0.2) is 40.8 Å². The predicted octanol–water partition coefficient (Wildman–Crippen LogP) is 3.63. The van der Waals surface area contributed by atoms with Crippen LogP contribution >= 0.6 is 0 Å². The lowest BCUT2D eigenvalue weighted by Crippen LogP contribution is -2.11. The van der Waals surface area contributed by atoms with Crippen molar-refractivity contribution < 1.29 is 8.81 Å². The van der Waals surface area contributed by atoms with Crippen LogP contribution in [-0.4, -0.2) is 4.98 Å². The summed E-state index contributed by atoms with van der Waals surface area (Å²) in [7, 11) is 0. The maximum absolute atomic E-state index is 13.2. The maximum atomic E-state index is 13.2. The Bertz CT molecular complexity index is 759. The monoisotopic (exact) mass is 270 g/mol. The summed E-state index contributed by atoms with van der Waals surface area (Å²) in [6.07, 6.45) is 0. The van der Waals surface area contributed by atoms with Crippen LogP contribution in [0.3, 0.4) is 0 Å². The molecule has 0 amide bonds. The molecule has 1 unspecified atom stereocenters. The van der Waals surface area contributed by atoms with E-state index in [0.29, 0.717) is 11.3 Å². The highest BCUT2D eigenvalue weighted by atomic mass is 19.1. The Labute approximate surface area is 116 Å². The fourth-order valence-electron chi connectivity index (χ4n) is 2.40. The van der Waals surface area contributed by atoms with E-state index in [1.807, 2.05) is 26.0 Å². The van der Waals surface area contributed by atoms with Gasteiger partial charge in [0.25, 0.3) is 0 Å². The van der Waals surface area contributed by atoms with Gasteiger partial charge < -0.3 is 10.2 Å². The van der Waals surface area contributed by atoms with Gasteiger partial charge in [-0.15, -0.1) is 0 Å². The molecule has 1 aromatic carbocycles. The molecule has 0 bridgehead atoms. The fourth-order valence-corrected chi connectivity index (χ4v) is 2.40. The van der Waals surface area contributed by atoms with Gasteiger partial charge in [-0.3, -0.25) is 4.98 Å². The molecule has 3 aromatic rings. The molecule has 4 heteroatoms. The van der Waals surface area contributed by atoms with Crippen molar-refractivity contribution in [3.63, 3.8) is 0 Å². The van der Waals surface area contributed by atoms with E-state index in [2.05, 4.69) is 4.98 Å². The maximum Gasteiger partial charge on any atom is 0.134 e. The molecular formula is C16H15FN2O. The number of pyridine rings is 1. The van der Waals surface area contributed by atoms with Crippen LogP contribution in [0.25, 0.3) is 11.0 Å². The SMILES string of the molecule is Cc1cc(C(N)c2cc3cc(F)ccc3o2)cc(C)n1. The molecule has 20 heavy (non-hydrogen) atoms. The number of aromatic nitrogens is 1. The molecule has 0 fully saturated rings. The highest BCUT2D eigenvalue weighted by molar-refractivity contribution is 5.78. The molecule has 0 saturated carbocycles. The summed E-state index contributed by atoms with van der Waals surface area (Å²) in [5.74, 6) is 0.338. The molecule has 3 nitrogen and oxygen atoms in total. The average molecular weight is 270 g/mol. The van der Waals surface area contributed by atoms with Crippen LogP contribution in [0.4, 0.5) is 4.39 Å². The number of hydrogen-bond donors (Lipinski definition) is 1. The van der Waals surface area contributed by atoms with E-state index < -0.39 is 0 Å². The Kier molecular flexibility index (Phi) is 3.03. The van der Waals surface area contributed by atoms with E-state index in [1.165, 1.54) is 12.1 Å². The molecule has 3 rings (SSSR count). The molecule has 1 atom stereocenters. The van der Waals surface area contributed by atoms with Gasteiger partial charge in [0.2, 0.25) is 0 Å². The summed E-state index contributed by atoms with van der Waals surface area (Å²) >= 11 is 0. The van der Waals surface area contributed by atoms with Gasteiger partial charge in [-0.1, -0.05) is 0 Å². The lowest BCUT2D eigenvalue weighted by Gasteiger charge is -2.10. The zero-order valence-corrected chi connectivity index (χ0v) is 11.4. The second-order valence-corrected chi connectivity index (χ2v) is 4.99. The Morgan fingerprint density at radius 1 is 1.10 bits per heavy atom. The van der Waals surface area contributed by atoms with E-state index in [0.717, 1.165) is 22.3 Å². The highest BCUT2D eigenvalue weighted by Crippen LogP contribution is 2.27. The lowest BCUT2D eigenvalue weighted by atomic mass is 10.0. The first kappa shape index (κ1) is 12.8. The quantitative estimate of drug-likeness (QED) is 0.773. The molecule has 0 aliphatic heterocycles. The van der Waals surface area contributed by atoms with Crippen molar-refractivity contribution >= 4 is 11.0 Å². The van der Waals surface area contributed by atoms with Gasteiger partial charge in [-0.2, -0.15) is 0 Å². The minimum atomic E-state index is -0.383. The molecular weight excluding hydrogens is 255 g/mol. The molecule has 0 aliphatic rings. The average Bonchev–Trinajstić information content (AvgIpc) is 2.79. The number of rotatable bonds is 2. The summed E-state index contributed by atoms with van der Waals surface area (Å²) < 4.78 is 18.9. The summed E-state index contributed by atoms with van der Waals surface area (Å²) in [6.45, 7) is 3.86. The van der Waals surface area contributed by atoms with Crippen LogP contribution < -0.4 is 5.73 Å². The van der Waals surface area contributed by atoms with E-state index in [1.54, 1.807) is 12.1 Å². The van der Waals surface area contributed by atoms with Gasteiger partial charge in [0, 0.05) is 16.8 Å². The molecule has 0 aliphatic carbocycles. The second-order valence-electron chi connectivity index (χ2n) is 4.99. The number of nitrogens with zero attached hydrogens (tertiary/aromatic N) is 1. The standard InChI is InChI=1S/C16H15FN2O/c1-9-5-12(6-10(2)19-9)16(18)15-8-11-7-13(17)3-4-14(11)20-15/h3-8,16H,18H2,1-2H3. The number of halogens is 1. The Morgan fingerprint density at radius 2 is 1.80 bits per heavy atom. The number of furan rings is 1. The number of aryl methyl sites for hydroxylation is 2. The van der Waals surface area contributed by atoms with E-state index in [9.17, 15) is 4.39 Å². The third-order valence-corrected chi connectivity index (χ3v) is 3.27. The van der Waals surface area contributed by atoms with Crippen LogP contribution in [-0.2, 0) is 0 Å². The topological polar surface area (TPSA) is 52.0 Å². The van der Waals surface area contributed by atoms with Crippen LogP contribution in [0.1, 0.15) is 28.8 Å². The normalized spacial score (nSPS) is 12.8. The molecule has 2 aromatic heterocycles. The first-order chi connectivity index (χ1) is 9.52. The molecule has 0 saturated heterocycles. The highest BCUT2D eigenvalue weighted by Gasteiger charge is 2.15. The number of nitrogens with two attached hydrogens (primary N) is 1. The summed E-state index contributed by atoms with van der Waals surface area (Å²) in [5.41, 5.74) is 9.65. The van der Waals surface area contributed by atoms with E-state index in [4.69, 9.17) is 10.2 Å². The molecule has 102 valence electrons. The van der Waals surface area contributed by atoms with Gasteiger partial charge >= 0.3 is 0 Å². The molecule has 2 N–H and O–H groups in total. The van der Waals surface area contributed by atoms with Crippen molar-refractivity contribution in [3.8, 4) is 0 Å². The smallest absolute Gasteiger partial charge is 0.134 e. The minimum Gasteiger partial charge on any atom is -0.459 e. The Balaban J connectivity index is 2.05. The first-order valence-electron chi connectivity index (χ1n) is 6.43. The van der Waals surface area contributed by atoms with Crippen LogP contribution in [0, 0.1) is 19.7 Å². The fraction of sp³-hybridized carbons (Fsp3) is 0.188. The minimum absolute atomic E-state index is 0.283. The van der Waals surface area contributed by atoms with E-state index >= 15 is 0 Å². The zero-order chi connectivity index (χ0) is 14.3. The van der Waals surface area contributed by atoms with Crippen molar-refractivity contribution in [2.75, 3.05) is 0 Å². The number of benzene rings is 1. The Hall–Kier alpha value is -2.20. The number of fused-ring (bicyclic) bond motifs is 1. The third kappa shape index (κ3) is 2.30. The molecule has 0 radical (unpaired) electrons. The lowest BCUT2D eigenvalue weighted by molar-refractivity contribution is 0.524. The largest absolute Gasteiger partial charge is 0.459 e. The summed E-state index contributed by atoms with van der Waals surface area (Å²) in [4.78, 5) is 4.33. The van der Waals surface area contributed by atoms with Crippen LogP contribution in [0.2, 0.25) is 0 Å². The third-order valence-electron chi connectivity index (χ3n) is 3.27. The second kappa shape index (κ2) is 4.72. The molecule has 0 spiro atoms.